The first kappa shape index (κ1) is 18.0. The standard InChI is InChI=1S/C17H22F3N3O2/c1-25-22-10-13-3-2-12-5-8-23(17(18,19)20)16(12)15(13)14(11-22)4-6-21-7-9-24/h2-3,5,10,14,21,24H,4,6-9,11H2,1H3. The Morgan fingerprint density at radius 1 is 1.28 bits per heavy atom. The van der Waals surface area contributed by atoms with E-state index in [1.165, 1.54) is 0 Å². The molecule has 138 valence electrons. The molecule has 0 radical (unpaired) electrons. The second-order valence-corrected chi connectivity index (χ2v) is 6.16. The van der Waals surface area contributed by atoms with Gasteiger partial charge in [-0.2, -0.15) is 13.2 Å². The van der Waals surface area contributed by atoms with Crippen LogP contribution < -0.4 is 20.7 Å². The van der Waals surface area contributed by atoms with Crippen molar-refractivity contribution in [2.24, 2.45) is 0 Å². The third-order valence-corrected chi connectivity index (χ3v) is 4.64. The van der Waals surface area contributed by atoms with Gasteiger partial charge in [0.2, 0.25) is 0 Å². The second kappa shape index (κ2) is 7.23. The second-order valence-electron chi connectivity index (χ2n) is 6.16. The van der Waals surface area contributed by atoms with E-state index in [4.69, 9.17) is 9.94 Å². The molecule has 3 rings (SSSR count). The van der Waals surface area contributed by atoms with Crippen molar-refractivity contribution in [3.63, 3.8) is 0 Å². The van der Waals surface area contributed by atoms with E-state index >= 15 is 0 Å². The third-order valence-electron chi connectivity index (χ3n) is 4.64. The Hall–Kier alpha value is -1.77. The lowest BCUT2D eigenvalue weighted by Gasteiger charge is -2.33. The number of alkyl halides is 3. The fourth-order valence-corrected chi connectivity index (χ4v) is 3.52. The van der Waals surface area contributed by atoms with Gasteiger partial charge in [0.25, 0.3) is 0 Å². The molecule has 0 fully saturated rings. The molecule has 2 heterocycles. The summed E-state index contributed by atoms with van der Waals surface area (Å²) < 4.78 is 40.4. The lowest BCUT2D eigenvalue weighted by atomic mass is 9.89. The Kier molecular flexibility index (Phi) is 5.21. The van der Waals surface area contributed by atoms with Crippen LogP contribution in [0.2, 0.25) is 0 Å². The van der Waals surface area contributed by atoms with Gasteiger partial charge in [0.05, 0.1) is 25.9 Å². The normalized spacial score (nSPS) is 19.3. The minimum Gasteiger partial charge on any atom is -0.395 e. The molecular formula is C17H22F3N3O2. The summed E-state index contributed by atoms with van der Waals surface area (Å²) in [6.07, 6.45) is -0.384. The predicted molar refractivity (Wildman–Crippen MR) is 89.1 cm³/mol. The van der Waals surface area contributed by atoms with Crippen molar-refractivity contribution in [2.75, 3.05) is 44.8 Å². The molecule has 1 aromatic carbocycles. The summed E-state index contributed by atoms with van der Waals surface area (Å²) in [4.78, 5) is 5.81. The van der Waals surface area contributed by atoms with E-state index in [0.29, 0.717) is 36.2 Å². The summed E-state index contributed by atoms with van der Waals surface area (Å²) >= 11 is 0. The van der Waals surface area contributed by atoms with Gasteiger partial charge < -0.3 is 10.4 Å². The Balaban J connectivity index is 2.01. The van der Waals surface area contributed by atoms with Gasteiger partial charge in [-0.05, 0) is 29.0 Å². The largest absolute Gasteiger partial charge is 0.485 e. The molecule has 0 saturated heterocycles. The molecule has 8 heteroatoms. The van der Waals surface area contributed by atoms with E-state index in [9.17, 15) is 13.2 Å². The fraction of sp³-hybridized carbons (Fsp3) is 0.529. The van der Waals surface area contributed by atoms with Crippen molar-refractivity contribution >= 4 is 18.0 Å². The van der Waals surface area contributed by atoms with Gasteiger partial charge in [0, 0.05) is 25.2 Å². The van der Waals surface area contributed by atoms with Crippen LogP contribution in [0.4, 0.5) is 18.9 Å². The van der Waals surface area contributed by atoms with E-state index < -0.39 is 6.30 Å². The smallest absolute Gasteiger partial charge is 0.395 e. The van der Waals surface area contributed by atoms with Gasteiger partial charge >= 0.3 is 6.30 Å². The van der Waals surface area contributed by atoms with Gasteiger partial charge in [-0.1, -0.05) is 18.2 Å². The number of fused-ring (bicyclic) bond motifs is 3. The molecule has 2 aliphatic heterocycles. The van der Waals surface area contributed by atoms with Crippen LogP contribution in [0.3, 0.4) is 0 Å². The summed E-state index contributed by atoms with van der Waals surface area (Å²) in [7, 11) is 1.55. The minimum atomic E-state index is -4.41. The lowest BCUT2D eigenvalue weighted by molar-refractivity contribution is -0.127. The summed E-state index contributed by atoms with van der Waals surface area (Å²) in [6, 6.07) is 3.58. The Labute approximate surface area is 143 Å². The molecule has 1 atom stereocenters. The average molecular weight is 357 g/mol. The number of nitrogens with one attached hydrogen (secondary N) is 1. The number of nitrogens with zero attached hydrogens (tertiary/aromatic N) is 2. The SMILES string of the molecule is CON1C=c2ccc3c(c2C(CCNCCO)C1)N(C(F)(F)F)CC=3. The molecular weight excluding hydrogens is 335 g/mol. The molecule has 0 saturated carbocycles. The third kappa shape index (κ3) is 3.61. The zero-order chi connectivity index (χ0) is 18.0. The first-order valence-electron chi connectivity index (χ1n) is 8.27. The van der Waals surface area contributed by atoms with E-state index in [1.807, 2.05) is 6.07 Å². The predicted octanol–water partition coefficient (Wildman–Crippen LogP) is 0.477. The summed E-state index contributed by atoms with van der Waals surface area (Å²) in [5.74, 6) is -0.0996. The zero-order valence-corrected chi connectivity index (χ0v) is 14.0. The highest BCUT2D eigenvalue weighted by molar-refractivity contribution is 5.67. The number of hydrogen-bond acceptors (Lipinski definition) is 5. The maximum absolute atomic E-state index is 13.5. The van der Waals surface area contributed by atoms with Crippen LogP contribution in [0.25, 0.3) is 12.3 Å². The maximum atomic E-state index is 13.5. The highest BCUT2D eigenvalue weighted by Crippen LogP contribution is 2.35. The molecule has 1 aromatic rings. The molecule has 1 unspecified atom stereocenters. The van der Waals surface area contributed by atoms with Crippen molar-refractivity contribution < 1.29 is 23.1 Å². The van der Waals surface area contributed by atoms with E-state index in [1.54, 1.807) is 30.5 Å². The van der Waals surface area contributed by atoms with E-state index in [-0.39, 0.29) is 24.8 Å². The fourth-order valence-electron chi connectivity index (χ4n) is 3.52. The topological polar surface area (TPSA) is 48.0 Å². The van der Waals surface area contributed by atoms with Gasteiger partial charge in [-0.15, -0.1) is 0 Å². The summed E-state index contributed by atoms with van der Waals surface area (Å²) in [6.45, 7) is 1.45. The molecule has 0 amide bonds. The Morgan fingerprint density at radius 2 is 2.04 bits per heavy atom. The summed E-state index contributed by atoms with van der Waals surface area (Å²) in [5, 5.41) is 15.0. The lowest BCUT2D eigenvalue weighted by Crippen LogP contribution is -2.42. The monoisotopic (exact) mass is 357 g/mol. The summed E-state index contributed by atoms with van der Waals surface area (Å²) in [5.41, 5.74) is 0.992. The van der Waals surface area contributed by atoms with Gasteiger partial charge in [0.1, 0.15) is 0 Å². The van der Waals surface area contributed by atoms with Crippen LogP contribution in [0.15, 0.2) is 12.1 Å². The zero-order valence-electron chi connectivity index (χ0n) is 14.0. The van der Waals surface area contributed by atoms with Crippen LogP contribution in [0, 0.1) is 0 Å². The number of aliphatic hydroxyl groups excluding tert-OH is 1. The van der Waals surface area contributed by atoms with Crippen molar-refractivity contribution in [3.8, 4) is 0 Å². The number of anilines is 1. The maximum Gasteiger partial charge on any atom is 0.485 e. The molecule has 0 aliphatic carbocycles. The molecule has 25 heavy (non-hydrogen) atoms. The van der Waals surface area contributed by atoms with Crippen LogP contribution in [0.1, 0.15) is 17.9 Å². The molecule has 2 N–H and O–H groups in total. The molecule has 0 spiro atoms. The highest BCUT2D eigenvalue weighted by atomic mass is 19.4. The van der Waals surface area contributed by atoms with Gasteiger partial charge in [0.15, 0.2) is 0 Å². The van der Waals surface area contributed by atoms with Crippen molar-refractivity contribution in [3.05, 3.63) is 28.1 Å². The number of benzene rings is 1. The van der Waals surface area contributed by atoms with E-state index in [0.717, 1.165) is 10.8 Å². The first-order valence-corrected chi connectivity index (χ1v) is 8.27. The van der Waals surface area contributed by atoms with Gasteiger partial charge in [-0.25, -0.2) is 0 Å². The number of aliphatic hydroxyl groups is 1. The first-order chi connectivity index (χ1) is 12.0. The average Bonchev–Trinajstić information content (AvgIpc) is 3.02. The van der Waals surface area contributed by atoms with Crippen molar-refractivity contribution in [1.82, 2.24) is 10.4 Å². The number of hydroxylamine groups is 2. The molecule has 2 aliphatic rings. The van der Waals surface area contributed by atoms with E-state index in [2.05, 4.69) is 5.32 Å². The number of hydrogen-bond donors (Lipinski definition) is 2. The van der Waals surface area contributed by atoms with Crippen LogP contribution in [0.5, 0.6) is 0 Å². The quantitative estimate of drug-likeness (QED) is 0.573. The van der Waals surface area contributed by atoms with Crippen LogP contribution in [-0.4, -0.2) is 56.4 Å². The molecule has 0 bridgehead atoms. The Morgan fingerprint density at radius 3 is 2.72 bits per heavy atom. The molecule has 0 aromatic heterocycles. The van der Waals surface area contributed by atoms with Crippen LogP contribution in [-0.2, 0) is 4.84 Å². The highest BCUT2D eigenvalue weighted by Gasteiger charge is 2.41. The van der Waals surface area contributed by atoms with Gasteiger partial charge in [-0.3, -0.25) is 14.8 Å². The van der Waals surface area contributed by atoms with Crippen molar-refractivity contribution in [1.29, 1.82) is 0 Å². The minimum absolute atomic E-state index is 0.0332. The number of halogens is 3. The Bertz CT molecular complexity index is 736. The van der Waals surface area contributed by atoms with Crippen molar-refractivity contribution in [2.45, 2.75) is 18.6 Å². The van der Waals surface area contributed by atoms with Crippen LogP contribution >= 0.6 is 0 Å². The number of rotatable bonds is 6. The molecule has 5 nitrogen and oxygen atoms in total.